The number of aryl methyl sites for hydroxylation is 3. The number of sulfone groups is 1. The second-order valence-corrected chi connectivity index (χ2v) is 6.10. The van der Waals surface area contributed by atoms with Crippen molar-refractivity contribution in [3.8, 4) is 0 Å². The Kier molecular flexibility index (Phi) is 3.72. The molecule has 1 rings (SSSR count). The van der Waals surface area contributed by atoms with Gasteiger partial charge in [0.25, 0.3) is 0 Å². The van der Waals surface area contributed by atoms with Gasteiger partial charge in [-0.3, -0.25) is 0 Å². The van der Waals surface area contributed by atoms with Crippen molar-refractivity contribution in [1.29, 1.82) is 0 Å². The van der Waals surface area contributed by atoms with Crippen LogP contribution >= 0.6 is 0 Å². The summed E-state index contributed by atoms with van der Waals surface area (Å²) in [5.41, 5.74) is 7.76. The molecule has 16 heavy (non-hydrogen) atoms. The van der Waals surface area contributed by atoms with E-state index < -0.39 is 21.8 Å². The topological polar surface area (TPSA) is 80.4 Å². The molecule has 1 atom stereocenters. The van der Waals surface area contributed by atoms with Crippen molar-refractivity contribution in [3.63, 3.8) is 0 Å². The number of benzene rings is 1. The van der Waals surface area contributed by atoms with Crippen LogP contribution in [0.25, 0.3) is 0 Å². The van der Waals surface area contributed by atoms with Crippen molar-refractivity contribution in [2.45, 2.75) is 31.0 Å². The van der Waals surface area contributed by atoms with Crippen molar-refractivity contribution in [2.24, 2.45) is 5.73 Å². The SMILES string of the molecule is Cc1cc(C)c(S(=O)(=O)C(N)CO)c(C)c1. The standard InChI is InChI=1S/C11H17NO3S/c1-7-4-8(2)11(9(3)5-7)16(14,15)10(12)6-13/h4-5,10,13H,6,12H2,1-3H3. The summed E-state index contributed by atoms with van der Waals surface area (Å²) < 4.78 is 24.1. The molecule has 1 aromatic carbocycles. The maximum Gasteiger partial charge on any atom is 0.196 e. The Morgan fingerprint density at radius 2 is 1.69 bits per heavy atom. The van der Waals surface area contributed by atoms with Crippen molar-refractivity contribution >= 4 is 9.84 Å². The molecule has 4 nitrogen and oxygen atoms in total. The van der Waals surface area contributed by atoms with Gasteiger partial charge in [-0.05, 0) is 31.9 Å². The summed E-state index contributed by atoms with van der Waals surface area (Å²) in [5, 5.41) is 7.61. The molecule has 90 valence electrons. The predicted octanol–water partition coefficient (Wildman–Crippen LogP) is 0.663. The minimum atomic E-state index is -3.64. The normalized spacial score (nSPS) is 13.8. The van der Waals surface area contributed by atoms with Crippen molar-refractivity contribution < 1.29 is 13.5 Å². The van der Waals surface area contributed by atoms with Gasteiger partial charge in [-0.25, -0.2) is 8.42 Å². The highest BCUT2D eigenvalue weighted by atomic mass is 32.2. The van der Waals surface area contributed by atoms with E-state index in [1.807, 2.05) is 6.92 Å². The van der Waals surface area contributed by atoms with Gasteiger partial charge in [0.1, 0.15) is 5.37 Å². The molecule has 0 aliphatic heterocycles. The van der Waals surface area contributed by atoms with Crippen LogP contribution in [-0.2, 0) is 9.84 Å². The molecule has 5 heteroatoms. The average Bonchev–Trinajstić information content (AvgIpc) is 2.14. The molecule has 1 aromatic rings. The van der Waals surface area contributed by atoms with E-state index in [0.29, 0.717) is 11.1 Å². The Labute approximate surface area is 96.0 Å². The van der Waals surface area contributed by atoms with Crippen LogP contribution in [0.2, 0.25) is 0 Å². The van der Waals surface area contributed by atoms with Gasteiger partial charge in [0.05, 0.1) is 11.5 Å². The molecule has 0 fully saturated rings. The summed E-state index contributed by atoms with van der Waals surface area (Å²) in [4.78, 5) is 0.236. The fraction of sp³-hybridized carbons (Fsp3) is 0.455. The highest BCUT2D eigenvalue weighted by Crippen LogP contribution is 2.24. The smallest absolute Gasteiger partial charge is 0.196 e. The number of hydrogen-bond acceptors (Lipinski definition) is 4. The first-order chi connectivity index (χ1) is 7.30. The van der Waals surface area contributed by atoms with Gasteiger partial charge in [-0.1, -0.05) is 17.7 Å². The summed E-state index contributed by atoms with van der Waals surface area (Å²) in [5.74, 6) is 0. The van der Waals surface area contributed by atoms with Crippen LogP contribution in [0.4, 0.5) is 0 Å². The van der Waals surface area contributed by atoms with Crippen LogP contribution in [-0.4, -0.2) is 25.5 Å². The number of aliphatic hydroxyl groups is 1. The maximum atomic E-state index is 12.0. The van der Waals surface area contributed by atoms with E-state index >= 15 is 0 Å². The van der Waals surface area contributed by atoms with Crippen molar-refractivity contribution in [1.82, 2.24) is 0 Å². The maximum absolute atomic E-state index is 12.0. The van der Waals surface area contributed by atoms with Crippen molar-refractivity contribution in [3.05, 3.63) is 28.8 Å². The van der Waals surface area contributed by atoms with E-state index in [-0.39, 0.29) is 4.90 Å². The number of aliphatic hydroxyl groups excluding tert-OH is 1. The number of nitrogens with two attached hydrogens (primary N) is 1. The zero-order chi connectivity index (χ0) is 12.5. The first-order valence-electron chi connectivity index (χ1n) is 4.99. The highest BCUT2D eigenvalue weighted by Gasteiger charge is 2.26. The molecule has 0 heterocycles. The molecule has 0 spiro atoms. The quantitative estimate of drug-likeness (QED) is 0.817. The molecule has 0 aliphatic carbocycles. The van der Waals surface area contributed by atoms with Crippen LogP contribution in [0.1, 0.15) is 16.7 Å². The zero-order valence-corrected chi connectivity index (χ0v) is 10.5. The second-order valence-electron chi connectivity index (χ2n) is 3.99. The lowest BCUT2D eigenvalue weighted by Crippen LogP contribution is -2.34. The van der Waals surface area contributed by atoms with Crippen molar-refractivity contribution in [2.75, 3.05) is 6.61 Å². The molecule has 0 radical (unpaired) electrons. The van der Waals surface area contributed by atoms with Crippen LogP contribution in [0.3, 0.4) is 0 Å². The predicted molar refractivity (Wildman–Crippen MR) is 62.9 cm³/mol. The van der Waals surface area contributed by atoms with Gasteiger partial charge in [-0.2, -0.15) is 0 Å². The minimum Gasteiger partial charge on any atom is -0.394 e. The van der Waals surface area contributed by atoms with E-state index in [1.54, 1.807) is 26.0 Å². The third-order valence-electron chi connectivity index (χ3n) is 2.47. The molecule has 0 amide bonds. The lowest BCUT2D eigenvalue weighted by atomic mass is 10.1. The molecule has 0 saturated heterocycles. The van der Waals surface area contributed by atoms with Gasteiger partial charge >= 0.3 is 0 Å². The largest absolute Gasteiger partial charge is 0.394 e. The summed E-state index contributed by atoms with van der Waals surface area (Å²) >= 11 is 0. The lowest BCUT2D eigenvalue weighted by Gasteiger charge is -2.15. The van der Waals surface area contributed by atoms with E-state index in [2.05, 4.69) is 0 Å². The third kappa shape index (κ3) is 2.26. The molecule has 0 aromatic heterocycles. The Bertz CT molecular complexity index is 471. The third-order valence-corrected chi connectivity index (χ3v) is 4.63. The highest BCUT2D eigenvalue weighted by molar-refractivity contribution is 7.92. The van der Waals surface area contributed by atoms with Gasteiger partial charge in [0.2, 0.25) is 0 Å². The van der Waals surface area contributed by atoms with Gasteiger partial charge in [0.15, 0.2) is 9.84 Å². The van der Waals surface area contributed by atoms with E-state index in [9.17, 15) is 8.42 Å². The Hall–Kier alpha value is -0.910. The summed E-state index contributed by atoms with van der Waals surface area (Å²) in [6.45, 7) is 4.80. The summed E-state index contributed by atoms with van der Waals surface area (Å²) in [6, 6.07) is 3.59. The fourth-order valence-corrected chi connectivity index (χ4v) is 3.38. The first-order valence-corrected chi connectivity index (χ1v) is 6.53. The fourth-order valence-electron chi connectivity index (χ4n) is 1.87. The Morgan fingerprint density at radius 3 is 2.06 bits per heavy atom. The molecule has 0 bridgehead atoms. The van der Waals surface area contributed by atoms with E-state index in [4.69, 9.17) is 10.8 Å². The Balaban J connectivity index is 3.45. The second kappa shape index (κ2) is 4.53. The molecule has 0 aliphatic rings. The molecule has 1 unspecified atom stereocenters. The van der Waals surface area contributed by atoms with E-state index in [0.717, 1.165) is 5.56 Å². The number of rotatable bonds is 3. The monoisotopic (exact) mass is 243 g/mol. The molecule has 0 saturated carbocycles. The first kappa shape index (κ1) is 13.2. The van der Waals surface area contributed by atoms with Crippen LogP contribution in [0.15, 0.2) is 17.0 Å². The van der Waals surface area contributed by atoms with Gasteiger partial charge in [-0.15, -0.1) is 0 Å². The minimum absolute atomic E-state index is 0.236. The molecular formula is C11H17NO3S. The lowest BCUT2D eigenvalue weighted by molar-refractivity contribution is 0.292. The zero-order valence-electron chi connectivity index (χ0n) is 9.69. The van der Waals surface area contributed by atoms with Gasteiger partial charge < -0.3 is 10.8 Å². The van der Waals surface area contributed by atoms with Crippen LogP contribution < -0.4 is 5.73 Å². The van der Waals surface area contributed by atoms with Crippen LogP contribution in [0, 0.1) is 20.8 Å². The summed E-state index contributed by atoms with van der Waals surface area (Å²) in [6.07, 6.45) is 0. The molecular weight excluding hydrogens is 226 g/mol. The van der Waals surface area contributed by atoms with Crippen LogP contribution in [0.5, 0.6) is 0 Å². The average molecular weight is 243 g/mol. The van der Waals surface area contributed by atoms with E-state index in [1.165, 1.54) is 0 Å². The number of hydrogen-bond donors (Lipinski definition) is 2. The Morgan fingerprint density at radius 1 is 1.25 bits per heavy atom. The summed E-state index contributed by atoms with van der Waals surface area (Å²) in [7, 11) is -3.64. The molecule has 3 N–H and O–H groups in total. The van der Waals surface area contributed by atoms with Gasteiger partial charge in [0, 0.05) is 0 Å².